The van der Waals surface area contributed by atoms with E-state index in [4.69, 9.17) is 0 Å². The number of carbonyl (C=O) groups excluding carboxylic acids is 2. The van der Waals surface area contributed by atoms with E-state index in [1.165, 1.54) is 18.2 Å². The van der Waals surface area contributed by atoms with Gasteiger partial charge in [0.2, 0.25) is 0 Å². The molecule has 2 amide bonds. The number of nitrogens with zero attached hydrogens (tertiary/aromatic N) is 2. The summed E-state index contributed by atoms with van der Waals surface area (Å²) in [5, 5.41) is 5.74. The number of nitrogens with one attached hydrogen (secondary N) is 2. The van der Waals surface area contributed by atoms with Crippen LogP contribution in [0.3, 0.4) is 0 Å². The third-order valence-electron chi connectivity index (χ3n) is 3.77. The Morgan fingerprint density at radius 2 is 1.64 bits per heavy atom. The number of hydrogen-bond donors (Lipinski definition) is 2. The van der Waals surface area contributed by atoms with Crippen molar-refractivity contribution >= 4 is 28.9 Å². The van der Waals surface area contributed by atoms with Gasteiger partial charge in [0, 0.05) is 31.0 Å². The Morgan fingerprint density at radius 3 is 2.21 bits per heavy atom. The Balaban J connectivity index is 2.07. The number of alkyl halides is 3. The second-order valence-electron chi connectivity index (χ2n) is 6.11. The molecule has 28 heavy (non-hydrogen) atoms. The van der Waals surface area contributed by atoms with Crippen LogP contribution in [0.4, 0.5) is 24.5 Å². The van der Waals surface area contributed by atoms with E-state index in [0.717, 1.165) is 5.69 Å². The van der Waals surface area contributed by atoms with Crippen LogP contribution in [0.2, 0.25) is 0 Å². The zero-order valence-corrected chi connectivity index (χ0v) is 15.5. The minimum absolute atomic E-state index is 0.0278. The molecule has 0 fully saturated rings. The maximum atomic E-state index is 12.3. The van der Waals surface area contributed by atoms with Crippen LogP contribution in [0.1, 0.15) is 22.8 Å². The van der Waals surface area contributed by atoms with Crippen LogP contribution in [-0.2, 0) is 4.79 Å². The second kappa shape index (κ2) is 8.55. The number of hydrogen-bond acceptors (Lipinski definition) is 4. The highest BCUT2D eigenvalue weighted by Gasteiger charge is 2.38. The summed E-state index contributed by atoms with van der Waals surface area (Å²) >= 11 is 0. The molecule has 2 aromatic rings. The van der Waals surface area contributed by atoms with Gasteiger partial charge in [-0.3, -0.25) is 9.59 Å². The lowest BCUT2D eigenvalue weighted by Gasteiger charge is -2.12. The van der Waals surface area contributed by atoms with Crippen LogP contribution < -0.4 is 15.6 Å². The molecular weight excluding hydrogens is 373 g/mol. The van der Waals surface area contributed by atoms with Gasteiger partial charge < -0.3 is 10.2 Å². The normalized spacial score (nSPS) is 11.7. The minimum Gasteiger partial charge on any atom is -0.378 e. The van der Waals surface area contributed by atoms with Gasteiger partial charge in [-0.05, 0) is 48.9 Å². The van der Waals surface area contributed by atoms with Crippen molar-refractivity contribution in [2.45, 2.75) is 13.1 Å². The summed E-state index contributed by atoms with van der Waals surface area (Å²) in [4.78, 5) is 25.1. The molecule has 0 heterocycles. The van der Waals surface area contributed by atoms with Crippen LogP contribution in [-0.4, -0.2) is 37.8 Å². The zero-order valence-electron chi connectivity index (χ0n) is 15.5. The van der Waals surface area contributed by atoms with Gasteiger partial charge in [0.05, 0.1) is 5.71 Å². The quantitative estimate of drug-likeness (QED) is 0.605. The van der Waals surface area contributed by atoms with Crippen molar-refractivity contribution in [3.8, 4) is 0 Å². The van der Waals surface area contributed by atoms with Crippen molar-refractivity contribution in [1.29, 1.82) is 0 Å². The third kappa shape index (κ3) is 5.57. The topological polar surface area (TPSA) is 73.8 Å². The van der Waals surface area contributed by atoms with Gasteiger partial charge >= 0.3 is 12.1 Å². The molecule has 0 atom stereocenters. The summed E-state index contributed by atoms with van der Waals surface area (Å²) in [6.45, 7) is 1.58. The SMILES string of the molecule is C/C(=N/NC(=O)c1ccc(N(C)C)cc1)c1cccc(NC(=O)C(F)(F)F)c1. The van der Waals surface area contributed by atoms with Crippen molar-refractivity contribution in [3.63, 3.8) is 0 Å². The standard InChI is InChI=1S/C19H19F3N4O2/c1-12(14-5-4-6-15(11-14)23-18(28)19(20,21)22)24-25-17(27)13-7-9-16(10-8-13)26(2)3/h4-11H,1-3H3,(H,23,28)(H,25,27)/b24-12-. The summed E-state index contributed by atoms with van der Waals surface area (Å²) < 4.78 is 37.0. The van der Waals surface area contributed by atoms with Gasteiger partial charge in [0.15, 0.2) is 0 Å². The second-order valence-corrected chi connectivity index (χ2v) is 6.11. The van der Waals surface area contributed by atoms with Gasteiger partial charge in [0.25, 0.3) is 5.91 Å². The smallest absolute Gasteiger partial charge is 0.378 e. The number of rotatable bonds is 5. The first-order valence-corrected chi connectivity index (χ1v) is 8.18. The predicted octanol–water partition coefficient (Wildman–Crippen LogP) is 3.41. The van der Waals surface area contributed by atoms with Gasteiger partial charge in [-0.1, -0.05) is 12.1 Å². The summed E-state index contributed by atoms with van der Waals surface area (Å²) in [6, 6.07) is 12.6. The Kier molecular flexibility index (Phi) is 6.40. The summed E-state index contributed by atoms with van der Waals surface area (Å²) in [7, 11) is 3.77. The highest BCUT2D eigenvalue weighted by atomic mass is 19.4. The molecule has 0 aliphatic carbocycles. The fraction of sp³-hybridized carbons (Fsp3) is 0.211. The lowest BCUT2D eigenvalue weighted by Crippen LogP contribution is -2.29. The molecule has 0 bridgehead atoms. The lowest BCUT2D eigenvalue weighted by atomic mass is 10.1. The molecule has 0 unspecified atom stereocenters. The van der Waals surface area contributed by atoms with Crippen LogP contribution in [0.15, 0.2) is 53.6 Å². The molecule has 6 nitrogen and oxygen atoms in total. The minimum atomic E-state index is -4.98. The van der Waals surface area contributed by atoms with E-state index < -0.39 is 18.0 Å². The molecule has 2 aromatic carbocycles. The fourth-order valence-corrected chi connectivity index (χ4v) is 2.20. The van der Waals surface area contributed by atoms with Crippen LogP contribution in [0.25, 0.3) is 0 Å². The molecule has 0 spiro atoms. The van der Waals surface area contributed by atoms with E-state index in [2.05, 4.69) is 10.5 Å². The number of halogens is 3. The first-order chi connectivity index (χ1) is 13.1. The first kappa shape index (κ1) is 20.9. The Hall–Kier alpha value is -3.36. The van der Waals surface area contributed by atoms with Crippen molar-refractivity contribution in [2.75, 3.05) is 24.3 Å². The maximum absolute atomic E-state index is 12.3. The predicted molar refractivity (Wildman–Crippen MR) is 102 cm³/mol. The summed E-state index contributed by atoms with van der Waals surface area (Å²) in [6.07, 6.45) is -4.98. The van der Waals surface area contributed by atoms with E-state index in [-0.39, 0.29) is 5.69 Å². The van der Waals surface area contributed by atoms with Gasteiger partial charge in [-0.15, -0.1) is 0 Å². The average Bonchev–Trinajstić information content (AvgIpc) is 2.65. The van der Waals surface area contributed by atoms with Crippen LogP contribution in [0, 0.1) is 0 Å². The fourth-order valence-electron chi connectivity index (χ4n) is 2.20. The van der Waals surface area contributed by atoms with E-state index in [0.29, 0.717) is 16.8 Å². The molecule has 0 saturated heterocycles. The average molecular weight is 392 g/mol. The van der Waals surface area contributed by atoms with Gasteiger partial charge in [-0.2, -0.15) is 18.3 Å². The van der Waals surface area contributed by atoms with Crippen molar-refractivity contribution < 1.29 is 22.8 Å². The summed E-state index contributed by atoms with van der Waals surface area (Å²) in [5.41, 5.74) is 4.53. The molecule has 148 valence electrons. The lowest BCUT2D eigenvalue weighted by molar-refractivity contribution is -0.167. The highest BCUT2D eigenvalue weighted by Crippen LogP contribution is 2.19. The zero-order chi connectivity index (χ0) is 20.9. The van der Waals surface area contributed by atoms with Crippen LogP contribution >= 0.6 is 0 Å². The molecule has 0 aromatic heterocycles. The number of carbonyl (C=O) groups is 2. The van der Waals surface area contributed by atoms with Gasteiger partial charge in [0.1, 0.15) is 0 Å². The number of amides is 2. The van der Waals surface area contributed by atoms with E-state index in [1.54, 1.807) is 42.6 Å². The van der Waals surface area contributed by atoms with E-state index in [1.807, 2.05) is 19.0 Å². The summed E-state index contributed by atoms with van der Waals surface area (Å²) in [5.74, 6) is -2.49. The van der Waals surface area contributed by atoms with E-state index in [9.17, 15) is 22.8 Å². The number of hydrazone groups is 1. The monoisotopic (exact) mass is 392 g/mol. The van der Waals surface area contributed by atoms with Crippen molar-refractivity contribution in [2.24, 2.45) is 5.10 Å². The maximum Gasteiger partial charge on any atom is 0.471 e. The third-order valence-corrected chi connectivity index (χ3v) is 3.77. The number of anilines is 2. The van der Waals surface area contributed by atoms with E-state index >= 15 is 0 Å². The molecule has 0 saturated carbocycles. The Labute approximate surface area is 160 Å². The molecular formula is C19H19F3N4O2. The Bertz CT molecular complexity index is 891. The van der Waals surface area contributed by atoms with Crippen LogP contribution in [0.5, 0.6) is 0 Å². The molecule has 2 N–H and O–H groups in total. The highest BCUT2D eigenvalue weighted by molar-refractivity contribution is 6.02. The molecule has 0 radical (unpaired) electrons. The Morgan fingerprint density at radius 1 is 1.00 bits per heavy atom. The first-order valence-electron chi connectivity index (χ1n) is 8.18. The van der Waals surface area contributed by atoms with Gasteiger partial charge in [-0.25, -0.2) is 5.43 Å². The van der Waals surface area contributed by atoms with Crippen molar-refractivity contribution in [1.82, 2.24) is 5.43 Å². The molecule has 2 rings (SSSR count). The van der Waals surface area contributed by atoms with Crippen molar-refractivity contribution in [3.05, 3.63) is 59.7 Å². The number of benzene rings is 2. The molecule has 9 heteroatoms. The molecule has 0 aliphatic heterocycles. The molecule has 0 aliphatic rings. The largest absolute Gasteiger partial charge is 0.471 e.